The number of oxazole rings is 1. The highest BCUT2D eigenvalue weighted by atomic mass is 16.4. The second kappa shape index (κ2) is 4.94. The predicted octanol–water partition coefficient (Wildman–Crippen LogP) is 2.58. The van der Waals surface area contributed by atoms with Gasteiger partial charge >= 0.3 is 0 Å². The Hall–Kier alpha value is -1.61. The number of aryl methyl sites for hydroxylation is 2. The first kappa shape index (κ1) is 10.9. The second-order valence-electron chi connectivity index (χ2n) is 3.89. The minimum Gasteiger partial charge on any atom is -0.445 e. The highest BCUT2D eigenvalue weighted by molar-refractivity contribution is 5.25. The fraction of sp³-hybridized carbons (Fsp3) is 0.308. The van der Waals surface area contributed by atoms with Crippen LogP contribution in [0.1, 0.15) is 22.8 Å². The van der Waals surface area contributed by atoms with Crippen LogP contribution in [-0.2, 0) is 13.1 Å². The molecule has 3 nitrogen and oxygen atoms in total. The molecule has 0 fully saturated rings. The fourth-order valence-electron chi connectivity index (χ4n) is 1.60. The van der Waals surface area contributed by atoms with Gasteiger partial charge < -0.3 is 9.73 Å². The van der Waals surface area contributed by atoms with Crippen molar-refractivity contribution in [1.29, 1.82) is 0 Å². The summed E-state index contributed by atoms with van der Waals surface area (Å²) in [6.45, 7) is 5.53. The normalized spacial score (nSPS) is 10.6. The van der Waals surface area contributed by atoms with Crippen LogP contribution in [-0.4, -0.2) is 4.98 Å². The standard InChI is InChI=1S/C13H16N2O/c1-10-5-3-4-6-12(10)8-14-9-13-15-7-11(2)16-13/h3-7,14H,8-9H2,1-2H3. The van der Waals surface area contributed by atoms with Crippen molar-refractivity contribution in [3.05, 3.63) is 53.2 Å². The van der Waals surface area contributed by atoms with Gasteiger partial charge in [0.15, 0.2) is 0 Å². The molecule has 0 radical (unpaired) electrons. The van der Waals surface area contributed by atoms with Gasteiger partial charge in [-0.1, -0.05) is 24.3 Å². The molecule has 2 rings (SSSR count). The van der Waals surface area contributed by atoms with Crippen molar-refractivity contribution in [2.24, 2.45) is 0 Å². The average Bonchev–Trinajstić information content (AvgIpc) is 2.67. The zero-order valence-corrected chi connectivity index (χ0v) is 9.66. The summed E-state index contributed by atoms with van der Waals surface area (Å²) in [7, 11) is 0. The van der Waals surface area contributed by atoms with E-state index >= 15 is 0 Å². The Balaban J connectivity index is 1.87. The topological polar surface area (TPSA) is 38.1 Å². The van der Waals surface area contributed by atoms with E-state index in [4.69, 9.17) is 4.42 Å². The third kappa shape index (κ3) is 2.70. The Labute approximate surface area is 95.5 Å². The van der Waals surface area contributed by atoms with Crippen LogP contribution in [0.5, 0.6) is 0 Å². The first-order chi connectivity index (χ1) is 7.75. The lowest BCUT2D eigenvalue weighted by Crippen LogP contribution is -2.13. The number of hydrogen-bond acceptors (Lipinski definition) is 3. The number of aromatic nitrogens is 1. The van der Waals surface area contributed by atoms with Crippen LogP contribution in [0, 0.1) is 13.8 Å². The fourth-order valence-corrected chi connectivity index (χ4v) is 1.60. The molecule has 3 heteroatoms. The van der Waals surface area contributed by atoms with Gasteiger partial charge in [0.05, 0.1) is 12.7 Å². The van der Waals surface area contributed by atoms with Crippen molar-refractivity contribution < 1.29 is 4.42 Å². The third-order valence-electron chi connectivity index (χ3n) is 2.52. The van der Waals surface area contributed by atoms with Gasteiger partial charge in [-0.3, -0.25) is 0 Å². The molecule has 0 unspecified atom stereocenters. The Morgan fingerprint density at radius 3 is 2.69 bits per heavy atom. The van der Waals surface area contributed by atoms with Gasteiger partial charge in [-0.25, -0.2) is 4.98 Å². The number of nitrogens with one attached hydrogen (secondary N) is 1. The molecule has 0 bridgehead atoms. The van der Waals surface area contributed by atoms with E-state index in [1.807, 2.05) is 6.92 Å². The Morgan fingerprint density at radius 1 is 1.19 bits per heavy atom. The van der Waals surface area contributed by atoms with Gasteiger partial charge in [0.1, 0.15) is 5.76 Å². The summed E-state index contributed by atoms with van der Waals surface area (Å²) in [5.74, 6) is 1.60. The maximum Gasteiger partial charge on any atom is 0.208 e. The van der Waals surface area contributed by atoms with Crippen LogP contribution in [0.3, 0.4) is 0 Å². The van der Waals surface area contributed by atoms with E-state index in [1.165, 1.54) is 11.1 Å². The molecular weight excluding hydrogens is 200 g/mol. The van der Waals surface area contributed by atoms with Crippen LogP contribution >= 0.6 is 0 Å². The monoisotopic (exact) mass is 216 g/mol. The molecule has 1 aromatic carbocycles. The van der Waals surface area contributed by atoms with Crippen molar-refractivity contribution in [1.82, 2.24) is 10.3 Å². The summed E-state index contributed by atoms with van der Waals surface area (Å²) in [5, 5.41) is 3.32. The highest BCUT2D eigenvalue weighted by Gasteiger charge is 2.00. The molecule has 0 amide bonds. The van der Waals surface area contributed by atoms with Crippen LogP contribution in [0.2, 0.25) is 0 Å². The van der Waals surface area contributed by atoms with Gasteiger partial charge in [-0.15, -0.1) is 0 Å². The molecule has 0 aliphatic rings. The highest BCUT2D eigenvalue weighted by Crippen LogP contribution is 2.07. The van der Waals surface area contributed by atoms with Crippen LogP contribution in [0.4, 0.5) is 0 Å². The van der Waals surface area contributed by atoms with E-state index in [1.54, 1.807) is 6.20 Å². The van der Waals surface area contributed by atoms with Gasteiger partial charge in [0.25, 0.3) is 0 Å². The van der Waals surface area contributed by atoms with Crippen molar-refractivity contribution in [3.63, 3.8) is 0 Å². The lowest BCUT2D eigenvalue weighted by atomic mass is 10.1. The van der Waals surface area contributed by atoms with Crippen molar-refractivity contribution in [3.8, 4) is 0 Å². The molecule has 1 aromatic heterocycles. The number of hydrogen-bond donors (Lipinski definition) is 1. The van der Waals surface area contributed by atoms with E-state index in [0.717, 1.165) is 18.2 Å². The maximum absolute atomic E-state index is 5.38. The first-order valence-electron chi connectivity index (χ1n) is 5.42. The van der Waals surface area contributed by atoms with Crippen LogP contribution in [0.25, 0.3) is 0 Å². The van der Waals surface area contributed by atoms with Gasteiger partial charge in [-0.05, 0) is 25.0 Å². The van der Waals surface area contributed by atoms with E-state index in [-0.39, 0.29) is 0 Å². The second-order valence-corrected chi connectivity index (χ2v) is 3.89. The van der Waals surface area contributed by atoms with E-state index in [9.17, 15) is 0 Å². The SMILES string of the molecule is Cc1cnc(CNCc2ccccc2C)o1. The number of rotatable bonds is 4. The van der Waals surface area contributed by atoms with E-state index in [2.05, 4.69) is 41.5 Å². The molecule has 0 aliphatic heterocycles. The molecular formula is C13H16N2O. The van der Waals surface area contributed by atoms with Crippen LogP contribution in [0.15, 0.2) is 34.9 Å². The van der Waals surface area contributed by atoms with Gasteiger partial charge in [0, 0.05) is 6.54 Å². The van der Waals surface area contributed by atoms with E-state index < -0.39 is 0 Å². The number of benzene rings is 1. The summed E-state index contributed by atoms with van der Waals surface area (Å²) in [4.78, 5) is 4.14. The summed E-state index contributed by atoms with van der Waals surface area (Å²) in [6, 6.07) is 8.35. The maximum atomic E-state index is 5.38. The smallest absolute Gasteiger partial charge is 0.208 e. The Bertz CT molecular complexity index is 462. The van der Waals surface area contributed by atoms with E-state index in [0.29, 0.717) is 6.54 Å². The lowest BCUT2D eigenvalue weighted by molar-refractivity contribution is 0.449. The zero-order valence-electron chi connectivity index (χ0n) is 9.66. The molecule has 1 heterocycles. The van der Waals surface area contributed by atoms with Crippen molar-refractivity contribution >= 4 is 0 Å². The quantitative estimate of drug-likeness (QED) is 0.853. The Kier molecular flexibility index (Phi) is 3.37. The first-order valence-corrected chi connectivity index (χ1v) is 5.42. The molecule has 0 atom stereocenters. The molecule has 2 aromatic rings. The summed E-state index contributed by atoms with van der Waals surface area (Å²) < 4.78 is 5.38. The average molecular weight is 216 g/mol. The minimum absolute atomic E-state index is 0.669. The molecule has 0 aliphatic carbocycles. The molecule has 1 N–H and O–H groups in total. The zero-order chi connectivity index (χ0) is 11.4. The molecule has 0 spiro atoms. The van der Waals surface area contributed by atoms with Crippen LogP contribution < -0.4 is 5.32 Å². The Morgan fingerprint density at radius 2 is 2.00 bits per heavy atom. The molecule has 0 saturated heterocycles. The minimum atomic E-state index is 0.669. The molecule has 0 saturated carbocycles. The van der Waals surface area contributed by atoms with Gasteiger partial charge in [-0.2, -0.15) is 0 Å². The molecule has 16 heavy (non-hydrogen) atoms. The summed E-state index contributed by atoms with van der Waals surface area (Å²) >= 11 is 0. The largest absolute Gasteiger partial charge is 0.445 e. The number of nitrogens with zero attached hydrogens (tertiary/aromatic N) is 1. The van der Waals surface area contributed by atoms with Crippen molar-refractivity contribution in [2.45, 2.75) is 26.9 Å². The molecule has 84 valence electrons. The third-order valence-corrected chi connectivity index (χ3v) is 2.52. The van der Waals surface area contributed by atoms with Crippen molar-refractivity contribution in [2.75, 3.05) is 0 Å². The summed E-state index contributed by atoms with van der Waals surface area (Å²) in [6.07, 6.45) is 1.74. The lowest BCUT2D eigenvalue weighted by Gasteiger charge is -2.05. The summed E-state index contributed by atoms with van der Waals surface area (Å²) in [5.41, 5.74) is 2.62. The predicted molar refractivity (Wildman–Crippen MR) is 63.0 cm³/mol. The van der Waals surface area contributed by atoms with Gasteiger partial charge in [0.2, 0.25) is 5.89 Å².